The highest BCUT2D eigenvalue weighted by Crippen LogP contribution is 2.42. The van der Waals surface area contributed by atoms with Gasteiger partial charge in [0.1, 0.15) is 0 Å². The molecular weight excluding hydrogens is 208 g/mol. The van der Waals surface area contributed by atoms with Crippen LogP contribution < -0.4 is 5.32 Å². The van der Waals surface area contributed by atoms with Crippen LogP contribution in [0.4, 0.5) is 0 Å². The molecule has 2 aliphatic rings. The van der Waals surface area contributed by atoms with E-state index in [0.29, 0.717) is 11.5 Å². The maximum absolute atomic E-state index is 3.73. The molecule has 0 aromatic heterocycles. The van der Waals surface area contributed by atoms with Gasteiger partial charge in [0.25, 0.3) is 0 Å². The Morgan fingerprint density at radius 1 is 1.35 bits per heavy atom. The summed E-state index contributed by atoms with van der Waals surface area (Å²) < 4.78 is 0. The molecule has 4 atom stereocenters. The van der Waals surface area contributed by atoms with Crippen LogP contribution in [-0.4, -0.2) is 37.1 Å². The molecule has 0 bridgehead atoms. The smallest absolute Gasteiger partial charge is 0.0274 e. The van der Waals surface area contributed by atoms with Gasteiger partial charge in [0.05, 0.1) is 0 Å². The van der Waals surface area contributed by atoms with Gasteiger partial charge in [-0.15, -0.1) is 0 Å². The standard InChI is InChI=1S/C15H30N2/c1-6-16-14-13(7-8-15(14,3)4)17(5)10-12-9-11(12)2/h11-14,16H,6-10H2,1-5H3. The first-order chi connectivity index (χ1) is 7.95. The normalized spacial score (nSPS) is 39.9. The fraction of sp³-hybridized carbons (Fsp3) is 1.00. The van der Waals surface area contributed by atoms with E-state index in [1.54, 1.807) is 0 Å². The van der Waals surface area contributed by atoms with Crippen molar-refractivity contribution in [3.63, 3.8) is 0 Å². The van der Waals surface area contributed by atoms with E-state index < -0.39 is 0 Å². The Hall–Kier alpha value is -0.0800. The van der Waals surface area contributed by atoms with Crippen molar-refractivity contribution in [1.29, 1.82) is 0 Å². The molecule has 2 nitrogen and oxygen atoms in total. The third kappa shape index (κ3) is 2.85. The number of hydrogen-bond acceptors (Lipinski definition) is 2. The van der Waals surface area contributed by atoms with Crippen molar-refractivity contribution in [1.82, 2.24) is 10.2 Å². The summed E-state index contributed by atoms with van der Waals surface area (Å²) in [6.07, 6.45) is 4.18. The van der Waals surface area contributed by atoms with Crippen LogP contribution in [0.3, 0.4) is 0 Å². The number of hydrogen-bond donors (Lipinski definition) is 1. The summed E-state index contributed by atoms with van der Waals surface area (Å²) >= 11 is 0. The molecule has 17 heavy (non-hydrogen) atoms. The van der Waals surface area contributed by atoms with E-state index in [9.17, 15) is 0 Å². The maximum Gasteiger partial charge on any atom is 0.0274 e. The number of rotatable bonds is 5. The van der Waals surface area contributed by atoms with Crippen LogP contribution in [0.15, 0.2) is 0 Å². The van der Waals surface area contributed by atoms with Gasteiger partial charge in [0, 0.05) is 18.6 Å². The molecule has 2 saturated carbocycles. The average Bonchev–Trinajstić information content (AvgIpc) is 2.83. The highest BCUT2D eigenvalue weighted by molar-refractivity contribution is 5.01. The Morgan fingerprint density at radius 2 is 2.00 bits per heavy atom. The van der Waals surface area contributed by atoms with Gasteiger partial charge in [-0.1, -0.05) is 27.7 Å². The van der Waals surface area contributed by atoms with Crippen molar-refractivity contribution in [2.75, 3.05) is 20.1 Å². The summed E-state index contributed by atoms with van der Waals surface area (Å²) in [5, 5.41) is 3.73. The Morgan fingerprint density at radius 3 is 2.53 bits per heavy atom. The predicted molar refractivity (Wildman–Crippen MR) is 74.2 cm³/mol. The molecule has 2 fully saturated rings. The molecule has 2 aliphatic carbocycles. The first-order valence-corrected chi connectivity index (χ1v) is 7.39. The zero-order valence-corrected chi connectivity index (χ0v) is 12.3. The fourth-order valence-electron chi connectivity index (χ4n) is 3.63. The summed E-state index contributed by atoms with van der Waals surface area (Å²) in [4.78, 5) is 2.64. The first kappa shape index (κ1) is 13.4. The SMILES string of the molecule is CCNC1C(N(C)CC2CC2C)CCC1(C)C. The average molecular weight is 238 g/mol. The van der Waals surface area contributed by atoms with E-state index in [2.05, 4.69) is 45.0 Å². The predicted octanol–water partition coefficient (Wildman–Crippen LogP) is 2.74. The maximum atomic E-state index is 3.73. The lowest BCUT2D eigenvalue weighted by Crippen LogP contribution is -2.51. The molecule has 0 heterocycles. The van der Waals surface area contributed by atoms with Gasteiger partial charge in [-0.05, 0) is 50.1 Å². The van der Waals surface area contributed by atoms with E-state index in [1.807, 2.05) is 0 Å². The zero-order chi connectivity index (χ0) is 12.6. The van der Waals surface area contributed by atoms with Crippen LogP contribution >= 0.6 is 0 Å². The molecule has 0 amide bonds. The molecule has 0 aliphatic heterocycles. The number of nitrogens with one attached hydrogen (secondary N) is 1. The Bertz CT molecular complexity index is 262. The lowest BCUT2D eigenvalue weighted by molar-refractivity contribution is 0.166. The Balaban J connectivity index is 1.94. The molecule has 2 rings (SSSR count). The summed E-state index contributed by atoms with van der Waals surface area (Å²) in [5.74, 6) is 1.95. The van der Waals surface area contributed by atoms with Gasteiger partial charge in [-0.2, -0.15) is 0 Å². The minimum Gasteiger partial charge on any atom is -0.312 e. The van der Waals surface area contributed by atoms with Crippen LogP contribution in [-0.2, 0) is 0 Å². The van der Waals surface area contributed by atoms with Crippen LogP contribution in [0.1, 0.15) is 47.0 Å². The third-order valence-electron chi connectivity index (χ3n) is 5.10. The van der Waals surface area contributed by atoms with Crippen molar-refractivity contribution >= 4 is 0 Å². The van der Waals surface area contributed by atoms with E-state index in [-0.39, 0.29) is 0 Å². The van der Waals surface area contributed by atoms with Gasteiger partial charge in [0.2, 0.25) is 0 Å². The van der Waals surface area contributed by atoms with E-state index in [4.69, 9.17) is 0 Å². The monoisotopic (exact) mass is 238 g/mol. The molecule has 0 spiro atoms. The molecule has 2 heteroatoms. The molecule has 0 radical (unpaired) electrons. The van der Waals surface area contributed by atoms with E-state index in [0.717, 1.165) is 24.4 Å². The summed E-state index contributed by atoms with van der Waals surface area (Å²) in [5.41, 5.74) is 0.462. The second kappa shape index (κ2) is 4.89. The Labute approximate surface area is 107 Å². The van der Waals surface area contributed by atoms with E-state index in [1.165, 1.54) is 25.8 Å². The van der Waals surface area contributed by atoms with Crippen molar-refractivity contribution in [2.45, 2.75) is 59.0 Å². The molecule has 0 saturated heterocycles. The number of nitrogens with zero attached hydrogens (tertiary/aromatic N) is 1. The lowest BCUT2D eigenvalue weighted by Gasteiger charge is -2.36. The highest BCUT2D eigenvalue weighted by atomic mass is 15.2. The van der Waals surface area contributed by atoms with Gasteiger partial charge < -0.3 is 10.2 Å². The van der Waals surface area contributed by atoms with Crippen molar-refractivity contribution in [2.24, 2.45) is 17.3 Å². The second-order valence-electron chi connectivity index (χ2n) is 7.04. The van der Waals surface area contributed by atoms with Crippen LogP contribution in [0.25, 0.3) is 0 Å². The molecule has 1 N–H and O–H groups in total. The molecule has 4 unspecified atom stereocenters. The zero-order valence-electron chi connectivity index (χ0n) is 12.3. The van der Waals surface area contributed by atoms with Crippen molar-refractivity contribution in [3.8, 4) is 0 Å². The van der Waals surface area contributed by atoms with Crippen LogP contribution in [0.5, 0.6) is 0 Å². The third-order valence-corrected chi connectivity index (χ3v) is 5.10. The highest BCUT2D eigenvalue weighted by Gasteiger charge is 2.44. The summed E-state index contributed by atoms with van der Waals surface area (Å²) in [7, 11) is 2.33. The van der Waals surface area contributed by atoms with Crippen LogP contribution in [0.2, 0.25) is 0 Å². The van der Waals surface area contributed by atoms with Crippen LogP contribution in [0, 0.1) is 17.3 Å². The number of likely N-dealkylation sites (N-methyl/N-ethyl adjacent to an activating group) is 2. The van der Waals surface area contributed by atoms with Gasteiger partial charge in [-0.25, -0.2) is 0 Å². The first-order valence-electron chi connectivity index (χ1n) is 7.39. The molecular formula is C15H30N2. The second-order valence-corrected chi connectivity index (χ2v) is 7.04. The topological polar surface area (TPSA) is 15.3 Å². The van der Waals surface area contributed by atoms with Crippen molar-refractivity contribution < 1.29 is 0 Å². The largest absolute Gasteiger partial charge is 0.312 e. The Kier molecular flexibility index (Phi) is 3.84. The minimum absolute atomic E-state index is 0.462. The lowest BCUT2D eigenvalue weighted by atomic mass is 9.86. The minimum atomic E-state index is 0.462. The van der Waals surface area contributed by atoms with E-state index >= 15 is 0 Å². The quantitative estimate of drug-likeness (QED) is 0.792. The summed E-state index contributed by atoms with van der Waals surface area (Å²) in [6, 6.07) is 1.42. The fourth-order valence-corrected chi connectivity index (χ4v) is 3.63. The molecule has 0 aromatic rings. The van der Waals surface area contributed by atoms with Gasteiger partial charge >= 0.3 is 0 Å². The van der Waals surface area contributed by atoms with Gasteiger partial charge in [0.15, 0.2) is 0 Å². The molecule has 0 aromatic carbocycles. The van der Waals surface area contributed by atoms with Crippen molar-refractivity contribution in [3.05, 3.63) is 0 Å². The summed E-state index contributed by atoms with van der Waals surface area (Å²) in [6.45, 7) is 11.9. The van der Waals surface area contributed by atoms with Gasteiger partial charge in [-0.3, -0.25) is 0 Å². The molecule has 100 valence electrons.